The third-order valence-electron chi connectivity index (χ3n) is 2.94. The molecule has 0 radical (unpaired) electrons. The largest absolute Gasteiger partial charge is 0.396 e. The Labute approximate surface area is 99.8 Å². The molecule has 0 saturated heterocycles. The van der Waals surface area contributed by atoms with Gasteiger partial charge < -0.3 is 16.2 Å². The number of hydrogen-bond acceptors (Lipinski definition) is 4. The summed E-state index contributed by atoms with van der Waals surface area (Å²) < 4.78 is 0. The fourth-order valence-corrected chi connectivity index (χ4v) is 2.16. The number of pyridine rings is 1. The molecule has 2 unspecified atom stereocenters. The number of hydrogen-bond donors (Lipinski definition) is 3. The molecule has 88 valence electrons. The summed E-state index contributed by atoms with van der Waals surface area (Å²) in [6.45, 7) is 0. The van der Waals surface area contributed by atoms with Crippen LogP contribution in [0.2, 0.25) is 5.15 Å². The van der Waals surface area contributed by atoms with Crippen LogP contribution >= 0.6 is 11.6 Å². The minimum Gasteiger partial charge on any atom is -0.396 e. The van der Waals surface area contributed by atoms with E-state index in [-0.39, 0.29) is 12.1 Å². The van der Waals surface area contributed by atoms with Crippen molar-refractivity contribution < 1.29 is 5.11 Å². The van der Waals surface area contributed by atoms with Crippen molar-refractivity contribution in [3.63, 3.8) is 0 Å². The summed E-state index contributed by atoms with van der Waals surface area (Å²) in [4.78, 5) is 4.12. The molecule has 16 heavy (non-hydrogen) atoms. The van der Waals surface area contributed by atoms with Crippen LogP contribution in [0.3, 0.4) is 0 Å². The molecular formula is C11H16ClN3O. The molecule has 4 nitrogen and oxygen atoms in total. The molecule has 1 aliphatic carbocycles. The number of halogens is 1. The molecule has 0 aromatic carbocycles. The molecular weight excluding hydrogens is 226 g/mol. The lowest BCUT2D eigenvalue weighted by Crippen LogP contribution is -2.36. The van der Waals surface area contributed by atoms with Crippen molar-refractivity contribution in [1.29, 1.82) is 0 Å². The van der Waals surface area contributed by atoms with Gasteiger partial charge in [0.1, 0.15) is 5.15 Å². The van der Waals surface area contributed by atoms with Gasteiger partial charge in [-0.2, -0.15) is 0 Å². The van der Waals surface area contributed by atoms with E-state index in [4.69, 9.17) is 17.3 Å². The average Bonchev–Trinajstić information content (AvgIpc) is 2.27. The molecule has 2 rings (SSSR count). The minimum absolute atomic E-state index is 0.0296. The molecule has 0 amide bonds. The molecule has 0 aliphatic heterocycles. The molecule has 4 N–H and O–H groups in total. The van der Waals surface area contributed by atoms with E-state index in [0.717, 1.165) is 25.7 Å². The normalized spacial score (nSPS) is 25.4. The van der Waals surface area contributed by atoms with Crippen molar-refractivity contribution in [2.24, 2.45) is 0 Å². The van der Waals surface area contributed by atoms with Crippen molar-refractivity contribution in [2.45, 2.75) is 37.8 Å². The minimum atomic E-state index is -0.325. The zero-order chi connectivity index (χ0) is 11.5. The van der Waals surface area contributed by atoms with Gasteiger partial charge in [0.25, 0.3) is 0 Å². The number of nitrogens with two attached hydrogens (primary N) is 1. The van der Waals surface area contributed by atoms with Gasteiger partial charge >= 0.3 is 0 Å². The van der Waals surface area contributed by atoms with Gasteiger partial charge in [-0.15, -0.1) is 0 Å². The average molecular weight is 242 g/mol. The third kappa shape index (κ3) is 2.57. The fraction of sp³-hybridized carbons (Fsp3) is 0.545. The van der Waals surface area contributed by atoms with Crippen LogP contribution in [0.5, 0.6) is 0 Å². The highest BCUT2D eigenvalue weighted by Crippen LogP contribution is 2.25. The van der Waals surface area contributed by atoms with E-state index >= 15 is 0 Å². The van der Waals surface area contributed by atoms with Crippen LogP contribution in [0.25, 0.3) is 0 Å². The Bertz CT molecular complexity index is 372. The Morgan fingerprint density at radius 1 is 1.38 bits per heavy atom. The van der Waals surface area contributed by atoms with E-state index in [1.165, 1.54) is 0 Å². The predicted molar refractivity (Wildman–Crippen MR) is 65.5 cm³/mol. The van der Waals surface area contributed by atoms with Crippen molar-refractivity contribution in [3.8, 4) is 0 Å². The summed E-state index contributed by atoms with van der Waals surface area (Å²) in [5, 5.41) is 13.4. The van der Waals surface area contributed by atoms with E-state index in [0.29, 0.717) is 16.7 Å². The number of nitrogens with zero attached hydrogens (tertiary/aromatic N) is 1. The number of aromatic nitrogens is 1. The SMILES string of the molecule is Nc1ccc(Cl)nc1NC1CCCCC1O. The summed E-state index contributed by atoms with van der Waals surface area (Å²) >= 11 is 5.80. The number of aliphatic hydroxyl groups is 1. The van der Waals surface area contributed by atoms with Gasteiger partial charge in [-0.05, 0) is 25.0 Å². The van der Waals surface area contributed by atoms with E-state index < -0.39 is 0 Å². The van der Waals surface area contributed by atoms with Crippen LogP contribution in [-0.4, -0.2) is 22.2 Å². The van der Waals surface area contributed by atoms with E-state index in [2.05, 4.69) is 10.3 Å². The molecule has 0 spiro atoms. The van der Waals surface area contributed by atoms with Gasteiger partial charge in [0.15, 0.2) is 5.82 Å². The highest BCUT2D eigenvalue weighted by Gasteiger charge is 2.23. The third-order valence-corrected chi connectivity index (χ3v) is 3.15. The molecule has 1 heterocycles. The number of nitrogens with one attached hydrogen (secondary N) is 1. The van der Waals surface area contributed by atoms with Crippen molar-refractivity contribution in [1.82, 2.24) is 4.98 Å². The van der Waals surface area contributed by atoms with E-state index in [9.17, 15) is 5.11 Å². The zero-order valence-electron chi connectivity index (χ0n) is 8.99. The first kappa shape index (κ1) is 11.5. The summed E-state index contributed by atoms with van der Waals surface area (Å²) in [7, 11) is 0. The fourth-order valence-electron chi connectivity index (χ4n) is 2.02. The van der Waals surface area contributed by atoms with Gasteiger partial charge in [0, 0.05) is 0 Å². The lowest BCUT2D eigenvalue weighted by Gasteiger charge is -2.29. The molecule has 1 aromatic rings. The standard InChI is InChI=1S/C11H16ClN3O/c12-10-6-5-7(13)11(15-10)14-8-3-1-2-4-9(8)16/h5-6,8-9,16H,1-4,13H2,(H,14,15). The Hall–Kier alpha value is -1.00. The topological polar surface area (TPSA) is 71.2 Å². The zero-order valence-corrected chi connectivity index (χ0v) is 9.74. The molecule has 1 aromatic heterocycles. The number of anilines is 2. The van der Waals surface area contributed by atoms with Gasteiger partial charge in [-0.3, -0.25) is 0 Å². The first-order valence-electron chi connectivity index (χ1n) is 5.53. The lowest BCUT2D eigenvalue weighted by atomic mass is 9.92. The van der Waals surface area contributed by atoms with Crippen LogP contribution in [0.15, 0.2) is 12.1 Å². The van der Waals surface area contributed by atoms with Crippen LogP contribution < -0.4 is 11.1 Å². The molecule has 1 aliphatic rings. The molecule has 5 heteroatoms. The van der Waals surface area contributed by atoms with Crippen LogP contribution in [0.4, 0.5) is 11.5 Å². The maximum Gasteiger partial charge on any atom is 0.151 e. The maximum atomic E-state index is 9.83. The van der Waals surface area contributed by atoms with Crippen molar-refractivity contribution >= 4 is 23.1 Å². The first-order valence-corrected chi connectivity index (χ1v) is 5.91. The van der Waals surface area contributed by atoms with Gasteiger partial charge in [0.2, 0.25) is 0 Å². The highest BCUT2D eigenvalue weighted by molar-refractivity contribution is 6.29. The summed E-state index contributed by atoms with van der Waals surface area (Å²) in [6.07, 6.45) is 3.65. The highest BCUT2D eigenvalue weighted by atomic mass is 35.5. The van der Waals surface area contributed by atoms with Gasteiger partial charge in [-0.25, -0.2) is 4.98 Å². The van der Waals surface area contributed by atoms with Crippen molar-refractivity contribution in [2.75, 3.05) is 11.1 Å². The van der Waals surface area contributed by atoms with Crippen LogP contribution in [-0.2, 0) is 0 Å². The van der Waals surface area contributed by atoms with Crippen LogP contribution in [0.1, 0.15) is 25.7 Å². The van der Waals surface area contributed by atoms with Crippen molar-refractivity contribution in [3.05, 3.63) is 17.3 Å². The predicted octanol–water partition coefficient (Wildman–Crippen LogP) is 2.03. The molecule has 0 bridgehead atoms. The second-order valence-electron chi connectivity index (χ2n) is 4.17. The first-order chi connectivity index (χ1) is 7.66. The number of aliphatic hydroxyl groups excluding tert-OH is 1. The lowest BCUT2D eigenvalue weighted by molar-refractivity contribution is 0.116. The summed E-state index contributed by atoms with van der Waals surface area (Å²) in [5.41, 5.74) is 6.34. The summed E-state index contributed by atoms with van der Waals surface area (Å²) in [6, 6.07) is 3.40. The number of rotatable bonds is 2. The molecule has 2 atom stereocenters. The Balaban J connectivity index is 2.10. The Kier molecular flexibility index (Phi) is 3.51. The van der Waals surface area contributed by atoms with E-state index in [1.807, 2.05) is 0 Å². The van der Waals surface area contributed by atoms with Gasteiger partial charge in [-0.1, -0.05) is 24.4 Å². The van der Waals surface area contributed by atoms with Gasteiger partial charge in [0.05, 0.1) is 17.8 Å². The number of nitrogen functional groups attached to an aromatic ring is 1. The Morgan fingerprint density at radius 3 is 2.88 bits per heavy atom. The Morgan fingerprint density at radius 2 is 2.12 bits per heavy atom. The smallest absolute Gasteiger partial charge is 0.151 e. The maximum absolute atomic E-state index is 9.83. The van der Waals surface area contributed by atoms with Crippen LogP contribution in [0, 0.1) is 0 Å². The van der Waals surface area contributed by atoms with E-state index in [1.54, 1.807) is 12.1 Å². The molecule has 1 saturated carbocycles. The molecule has 1 fully saturated rings. The monoisotopic (exact) mass is 241 g/mol. The quantitative estimate of drug-likeness (QED) is 0.693. The summed E-state index contributed by atoms with van der Waals surface area (Å²) in [5.74, 6) is 0.568. The second-order valence-corrected chi connectivity index (χ2v) is 4.56. The second kappa shape index (κ2) is 4.89.